The van der Waals surface area contributed by atoms with Gasteiger partial charge in [0.15, 0.2) is 0 Å². The molecule has 0 saturated carbocycles. The van der Waals surface area contributed by atoms with Crippen LogP contribution in [-0.4, -0.2) is 45.3 Å². The Morgan fingerprint density at radius 1 is 1.45 bits per heavy atom. The molecule has 3 heterocycles. The van der Waals surface area contributed by atoms with Crippen molar-refractivity contribution in [1.29, 1.82) is 0 Å². The normalized spacial score (nSPS) is 18.5. The molecule has 0 aliphatic carbocycles. The predicted molar refractivity (Wildman–Crippen MR) is 78.1 cm³/mol. The highest BCUT2D eigenvalue weighted by Crippen LogP contribution is 2.21. The van der Waals surface area contributed by atoms with Crippen molar-refractivity contribution in [2.75, 3.05) is 24.7 Å². The molecule has 22 heavy (non-hydrogen) atoms. The standard InChI is InChI=1S/C14H16FN5O2/c1-9-7-22-6-5-20(9)14-18-12(10-3-4-16-8-17-10)11(15)13(21)19(14)2/h3-4,8-9H,5-7H2,1-2H3/t9-/m1/s1. The highest BCUT2D eigenvalue weighted by Gasteiger charge is 2.25. The Labute approximate surface area is 126 Å². The van der Waals surface area contributed by atoms with Gasteiger partial charge in [0, 0.05) is 19.8 Å². The Morgan fingerprint density at radius 3 is 2.95 bits per heavy atom. The van der Waals surface area contributed by atoms with Crippen LogP contribution < -0.4 is 10.5 Å². The number of morpholine rings is 1. The van der Waals surface area contributed by atoms with Gasteiger partial charge in [-0.2, -0.15) is 4.39 Å². The second-order valence-electron chi connectivity index (χ2n) is 5.15. The highest BCUT2D eigenvalue weighted by molar-refractivity contribution is 5.56. The summed E-state index contributed by atoms with van der Waals surface area (Å²) < 4.78 is 20.9. The van der Waals surface area contributed by atoms with Crippen LogP contribution in [0.2, 0.25) is 0 Å². The van der Waals surface area contributed by atoms with Gasteiger partial charge in [-0.3, -0.25) is 9.36 Å². The summed E-state index contributed by atoms with van der Waals surface area (Å²) in [4.78, 5) is 26.2. The highest BCUT2D eigenvalue weighted by atomic mass is 19.1. The third-order valence-corrected chi connectivity index (χ3v) is 3.66. The summed E-state index contributed by atoms with van der Waals surface area (Å²) in [6.07, 6.45) is 2.78. The fourth-order valence-corrected chi connectivity index (χ4v) is 2.45. The first-order valence-corrected chi connectivity index (χ1v) is 6.97. The van der Waals surface area contributed by atoms with E-state index in [9.17, 15) is 9.18 Å². The number of rotatable bonds is 2. The second kappa shape index (κ2) is 5.80. The van der Waals surface area contributed by atoms with Gasteiger partial charge in [-0.25, -0.2) is 15.0 Å². The van der Waals surface area contributed by atoms with Gasteiger partial charge in [-0.15, -0.1) is 0 Å². The second-order valence-corrected chi connectivity index (χ2v) is 5.15. The Morgan fingerprint density at radius 2 is 2.27 bits per heavy atom. The van der Waals surface area contributed by atoms with Crippen LogP contribution in [0, 0.1) is 5.82 Å². The minimum absolute atomic E-state index is 0.0514. The van der Waals surface area contributed by atoms with Gasteiger partial charge in [0.25, 0.3) is 5.56 Å². The summed E-state index contributed by atoms with van der Waals surface area (Å²) in [5.41, 5.74) is -0.496. The summed E-state index contributed by atoms with van der Waals surface area (Å²) in [7, 11) is 1.51. The molecule has 1 fully saturated rings. The molecule has 1 aliphatic rings. The first-order valence-electron chi connectivity index (χ1n) is 6.97. The van der Waals surface area contributed by atoms with Crippen molar-refractivity contribution in [3.63, 3.8) is 0 Å². The van der Waals surface area contributed by atoms with Crippen LogP contribution in [0.4, 0.5) is 10.3 Å². The third-order valence-electron chi connectivity index (χ3n) is 3.66. The maximum absolute atomic E-state index is 14.3. The quantitative estimate of drug-likeness (QED) is 0.809. The molecule has 8 heteroatoms. The number of aromatic nitrogens is 4. The van der Waals surface area contributed by atoms with Gasteiger partial charge in [0.1, 0.15) is 12.0 Å². The molecule has 1 saturated heterocycles. The van der Waals surface area contributed by atoms with Gasteiger partial charge >= 0.3 is 0 Å². The van der Waals surface area contributed by atoms with E-state index in [0.29, 0.717) is 25.7 Å². The zero-order valence-electron chi connectivity index (χ0n) is 12.4. The maximum Gasteiger partial charge on any atom is 0.291 e. The lowest BCUT2D eigenvalue weighted by atomic mass is 10.2. The molecule has 0 unspecified atom stereocenters. The molecule has 1 atom stereocenters. The van der Waals surface area contributed by atoms with Crippen molar-refractivity contribution in [2.24, 2.45) is 7.05 Å². The fourth-order valence-electron chi connectivity index (χ4n) is 2.45. The largest absolute Gasteiger partial charge is 0.377 e. The fraction of sp³-hybridized carbons (Fsp3) is 0.429. The lowest BCUT2D eigenvalue weighted by Crippen LogP contribution is -2.46. The van der Waals surface area contributed by atoms with Crippen molar-refractivity contribution in [2.45, 2.75) is 13.0 Å². The minimum atomic E-state index is -0.911. The van der Waals surface area contributed by atoms with Gasteiger partial charge in [-0.1, -0.05) is 0 Å². The molecule has 0 bridgehead atoms. The molecule has 0 radical (unpaired) electrons. The summed E-state index contributed by atoms with van der Waals surface area (Å²) in [6, 6.07) is 1.58. The molecule has 3 rings (SSSR count). The topological polar surface area (TPSA) is 73.1 Å². The zero-order chi connectivity index (χ0) is 15.7. The van der Waals surface area contributed by atoms with E-state index in [0.717, 1.165) is 0 Å². The number of hydrogen-bond donors (Lipinski definition) is 0. The van der Waals surface area contributed by atoms with Gasteiger partial charge in [-0.05, 0) is 13.0 Å². The molecule has 7 nitrogen and oxygen atoms in total. The van der Waals surface area contributed by atoms with E-state index in [-0.39, 0.29) is 17.4 Å². The minimum Gasteiger partial charge on any atom is -0.377 e. The van der Waals surface area contributed by atoms with Crippen LogP contribution in [0.1, 0.15) is 6.92 Å². The third kappa shape index (κ3) is 2.45. The van der Waals surface area contributed by atoms with E-state index < -0.39 is 11.4 Å². The van der Waals surface area contributed by atoms with E-state index >= 15 is 0 Å². The number of ether oxygens (including phenoxy) is 1. The molecule has 0 spiro atoms. The average Bonchev–Trinajstić information content (AvgIpc) is 2.55. The predicted octanol–water partition coefficient (Wildman–Crippen LogP) is 0.601. The average molecular weight is 305 g/mol. The monoisotopic (exact) mass is 305 g/mol. The Kier molecular flexibility index (Phi) is 3.84. The van der Waals surface area contributed by atoms with E-state index in [1.807, 2.05) is 11.8 Å². The maximum atomic E-state index is 14.3. The van der Waals surface area contributed by atoms with Crippen molar-refractivity contribution in [1.82, 2.24) is 19.5 Å². The summed E-state index contributed by atoms with van der Waals surface area (Å²) in [6.45, 7) is 3.64. The van der Waals surface area contributed by atoms with Crippen LogP contribution in [0.15, 0.2) is 23.4 Å². The van der Waals surface area contributed by atoms with Crippen LogP contribution in [0.3, 0.4) is 0 Å². The lowest BCUT2D eigenvalue weighted by Gasteiger charge is -2.35. The first kappa shape index (κ1) is 14.6. The van der Waals surface area contributed by atoms with Gasteiger partial charge in [0.05, 0.1) is 24.9 Å². The number of anilines is 1. The van der Waals surface area contributed by atoms with Gasteiger partial charge < -0.3 is 9.64 Å². The molecular formula is C14H16FN5O2. The number of nitrogens with zero attached hydrogens (tertiary/aromatic N) is 5. The molecule has 0 aromatic carbocycles. The molecule has 2 aromatic rings. The number of hydrogen-bond acceptors (Lipinski definition) is 6. The van der Waals surface area contributed by atoms with Crippen LogP contribution >= 0.6 is 0 Å². The Bertz CT molecular complexity index is 734. The molecular weight excluding hydrogens is 289 g/mol. The van der Waals surface area contributed by atoms with Crippen molar-refractivity contribution in [3.05, 3.63) is 34.8 Å². The molecule has 116 valence electrons. The van der Waals surface area contributed by atoms with Crippen LogP contribution in [-0.2, 0) is 11.8 Å². The Balaban J connectivity index is 2.15. The SMILES string of the molecule is C[C@@H]1COCCN1c1nc(-c2ccncn2)c(F)c(=O)n1C. The molecule has 0 N–H and O–H groups in total. The Hall–Kier alpha value is -2.35. The zero-order valence-corrected chi connectivity index (χ0v) is 12.4. The lowest BCUT2D eigenvalue weighted by molar-refractivity contribution is 0.0976. The van der Waals surface area contributed by atoms with Crippen molar-refractivity contribution >= 4 is 5.95 Å². The summed E-state index contributed by atoms with van der Waals surface area (Å²) in [5, 5.41) is 0. The van der Waals surface area contributed by atoms with Gasteiger partial charge in [0.2, 0.25) is 11.8 Å². The molecule has 1 aliphatic heterocycles. The molecule has 0 amide bonds. The summed E-state index contributed by atoms with van der Waals surface area (Å²) in [5.74, 6) is -0.498. The summed E-state index contributed by atoms with van der Waals surface area (Å²) >= 11 is 0. The van der Waals surface area contributed by atoms with E-state index in [4.69, 9.17) is 4.74 Å². The van der Waals surface area contributed by atoms with Crippen molar-refractivity contribution in [3.8, 4) is 11.4 Å². The van der Waals surface area contributed by atoms with E-state index in [2.05, 4.69) is 15.0 Å². The van der Waals surface area contributed by atoms with Crippen LogP contribution in [0.25, 0.3) is 11.4 Å². The van der Waals surface area contributed by atoms with Crippen LogP contribution in [0.5, 0.6) is 0 Å². The first-order chi connectivity index (χ1) is 10.6. The number of halogens is 1. The van der Waals surface area contributed by atoms with Crippen molar-refractivity contribution < 1.29 is 9.13 Å². The van der Waals surface area contributed by atoms with E-state index in [1.54, 1.807) is 0 Å². The van der Waals surface area contributed by atoms with E-state index in [1.165, 1.54) is 30.2 Å². The molecule has 2 aromatic heterocycles. The smallest absolute Gasteiger partial charge is 0.291 e.